The zero-order valence-electron chi connectivity index (χ0n) is 24.6. The highest BCUT2D eigenvalue weighted by Crippen LogP contribution is 2.37. The van der Waals surface area contributed by atoms with Gasteiger partial charge in [0, 0.05) is 12.1 Å². The molecule has 0 aliphatic carbocycles. The SMILES string of the molecule is CC[C@@H](C(=O)NC(C)(C)C)N(Cc1cccc(C)c1)C(=O)CN(c1cc(C(F)(F)F)ccc1Cl)S(=O)(=O)c1ccccc1. The van der Waals surface area contributed by atoms with Crippen molar-refractivity contribution >= 4 is 39.1 Å². The van der Waals surface area contributed by atoms with E-state index >= 15 is 0 Å². The standard InChI is InChI=1S/C31H35ClF3N3O4S/c1-6-26(29(40)36-30(3,4)5)37(19-22-12-10-11-21(2)17-22)28(39)20-38(43(41,42)24-13-8-7-9-14-24)27-18-23(31(33,34)35)15-16-25(27)32/h7-18,26H,6,19-20H2,1-5H3,(H,36,40)/t26-/m0/s1. The molecular formula is C31H35ClF3N3O4S. The molecule has 43 heavy (non-hydrogen) atoms. The van der Waals surface area contributed by atoms with Crippen molar-refractivity contribution in [2.24, 2.45) is 0 Å². The van der Waals surface area contributed by atoms with Gasteiger partial charge in [0.05, 0.1) is 21.2 Å². The van der Waals surface area contributed by atoms with E-state index in [1.165, 1.54) is 29.2 Å². The highest BCUT2D eigenvalue weighted by molar-refractivity contribution is 7.92. The summed E-state index contributed by atoms with van der Waals surface area (Å²) in [4.78, 5) is 28.5. The maximum atomic E-state index is 14.1. The number of halogens is 4. The summed E-state index contributed by atoms with van der Waals surface area (Å²) in [6.45, 7) is 7.97. The molecule has 0 saturated carbocycles. The van der Waals surface area contributed by atoms with Gasteiger partial charge in [-0.05, 0) is 70.0 Å². The van der Waals surface area contributed by atoms with Crippen molar-refractivity contribution in [3.8, 4) is 0 Å². The summed E-state index contributed by atoms with van der Waals surface area (Å²) in [7, 11) is -4.60. The van der Waals surface area contributed by atoms with E-state index in [-0.39, 0.29) is 22.9 Å². The topological polar surface area (TPSA) is 86.8 Å². The Kier molecular flexibility index (Phi) is 10.6. The summed E-state index contributed by atoms with van der Waals surface area (Å²) >= 11 is 6.30. The van der Waals surface area contributed by atoms with Crippen LogP contribution in [0.15, 0.2) is 77.7 Å². The summed E-state index contributed by atoms with van der Waals surface area (Å²) in [6.07, 6.45) is -4.61. The van der Waals surface area contributed by atoms with Gasteiger partial charge in [0.15, 0.2) is 0 Å². The van der Waals surface area contributed by atoms with E-state index in [0.717, 1.165) is 17.7 Å². The number of benzene rings is 3. The number of hydrogen-bond acceptors (Lipinski definition) is 4. The zero-order valence-corrected chi connectivity index (χ0v) is 26.1. The van der Waals surface area contributed by atoms with Gasteiger partial charge < -0.3 is 10.2 Å². The van der Waals surface area contributed by atoms with Crippen LogP contribution in [0.25, 0.3) is 0 Å². The number of nitrogens with zero attached hydrogens (tertiary/aromatic N) is 2. The molecule has 0 radical (unpaired) electrons. The van der Waals surface area contributed by atoms with Crippen molar-refractivity contribution in [1.29, 1.82) is 0 Å². The minimum absolute atomic E-state index is 0.0495. The molecule has 0 bridgehead atoms. The molecule has 0 aliphatic heterocycles. The molecule has 0 saturated heterocycles. The Morgan fingerprint density at radius 3 is 2.16 bits per heavy atom. The minimum atomic E-state index is -4.80. The average molecular weight is 638 g/mol. The molecule has 0 fully saturated rings. The van der Waals surface area contributed by atoms with Crippen molar-refractivity contribution in [3.63, 3.8) is 0 Å². The lowest BCUT2D eigenvalue weighted by Gasteiger charge is -2.35. The van der Waals surface area contributed by atoms with Crippen LogP contribution in [0, 0.1) is 6.92 Å². The van der Waals surface area contributed by atoms with Crippen LogP contribution in [0.5, 0.6) is 0 Å². The Labute approximate surface area is 255 Å². The van der Waals surface area contributed by atoms with E-state index in [2.05, 4.69) is 5.32 Å². The van der Waals surface area contributed by atoms with Gasteiger partial charge in [-0.1, -0.05) is 66.6 Å². The second-order valence-corrected chi connectivity index (χ2v) is 13.4. The first-order chi connectivity index (χ1) is 19.9. The van der Waals surface area contributed by atoms with Crippen molar-refractivity contribution in [1.82, 2.24) is 10.2 Å². The number of anilines is 1. The molecule has 12 heteroatoms. The van der Waals surface area contributed by atoms with Crippen molar-refractivity contribution in [2.45, 2.75) is 70.2 Å². The Hall–Kier alpha value is -3.57. The first-order valence-corrected chi connectivity index (χ1v) is 15.4. The first-order valence-electron chi connectivity index (χ1n) is 13.6. The average Bonchev–Trinajstić information content (AvgIpc) is 2.90. The predicted molar refractivity (Wildman–Crippen MR) is 161 cm³/mol. The molecule has 3 aromatic rings. The van der Waals surface area contributed by atoms with Crippen LogP contribution in [0.1, 0.15) is 50.8 Å². The smallest absolute Gasteiger partial charge is 0.350 e. The summed E-state index contributed by atoms with van der Waals surface area (Å²) in [5.41, 5.74) is -0.695. The van der Waals surface area contributed by atoms with E-state index in [0.29, 0.717) is 15.9 Å². The van der Waals surface area contributed by atoms with E-state index in [4.69, 9.17) is 11.6 Å². The third-order valence-electron chi connectivity index (χ3n) is 6.47. The van der Waals surface area contributed by atoms with Gasteiger partial charge in [-0.2, -0.15) is 13.2 Å². The highest BCUT2D eigenvalue weighted by atomic mass is 35.5. The van der Waals surface area contributed by atoms with Gasteiger partial charge in [-0.3, -0.25) is 13.9 Å². The zero-order chi connectivity index (χ0) is 32.2. The van der Waals surface area contributed by atoms with E-state index in [1.807, 2.05) is 19.1 Å². The Morgan fingerprint density at radius 2 is 1.60 bits per heavy atom. The Morgan fingerprint density at radius 1 is 0.953 bits per heavy atom. The predicted octanol–water partition coefficient (Wildman–Crippen LogP) is 6.58. The van der Waals surface area contributed by atoms with Crippen LogP contribution in [0.4, 0.5) is 18.9 Å². The number of nitrogens with one attached hydrogen (secondary N) is 1. The molecule has 2 amide bonds. The summed E-state index contributed by atoms with van der Waals surface area (Å²) in [5.74, 6) is -1.25. The number of carbonyl (C=O) groups excluding carboxylic acids is 2. The first kappa shape index (κ1) is 33.9. The molecule has 0 unspecified atom stereocenters. The molecule has 3 rings (SSSR count). The third kappa shape index (κ3) is 8.73. The van der Waals surface area contributed by atoms with Gasteiger partial charge in [0.1, 0.15) is 12.6 Å². The van der Waals surface area contributed by atoms with Crippen LogP contribution in [0.3, 0.4) is 0 Å². The van der Waals surface area contributed by atoms with Crippen LogP contribution in [-0.2, 0) is 32.3 Å². The molecule has 1 atom stereocenters. The molecule has 1 N–H and O–H groups in total. The second kappa shape index (κ2) is 13.4. The molecule has 232 valence electrons. The monoisotopic (exact) mass is 637 g/mol. The van der Waals surface area contributed by atoms with Crippen LogP contribution < -0.4 is 9.62 Å². The normalized spacial score (nSPS) is 12.9. The number of hydrogen-bond donors (Lipinski definition) is 1. The molecule has 0 aliphatic rings. The number of rotatable bonds is 10. The molecule has 0 heterocycles. The molecule has 3 aromatic carbocycles. The number of aryl methyl sites for hydroxylation is 1. The fraction of sp³-hybridized carbons (Fsp3) is 0.355. The van der Waals surface area contributed by atoms with Crippen molar-refractivity contribution in [2.75, 3.05) is 10.8 Å². The number of amides is 2. The largest absolute Gasteiger partial charge is 0.416 e. The molecule has 0 spiro atoms. The van der Waals surface area contributed by atoms with Gasteiger partial charge in [0.2, 0.25) is 11.8 Å². The molecule has 0 aromatic heterocycles. The number of alkyl halides is 3. The maximum absolute atomic E-state index is 14.1. The fourth-order valence-electron chi connectivity index (χ4n) is 4.49. The number of sulfonamides is 1. The third-order valence-corrected chi connectivity index (χ3v) is 8.57. The fourth-order valence-corrected chi connectivity index (χ4v) is 6.21. The lowest BCUT2D eigenvalue weighted by atomic mass is 10.0. The van der Waals surface area contributed by atoms with Gasteiger partial charge >= 0.3 is 6.18 Å². The van der Waals surface area contributed by atoms with E-state index in [9.17, 15) is 31.2 Å². The lowest BCUT2D eigenvalue weighted by Crippen LogP contribution is -2.55. The Balaban J connectivity index is 2.17. The molecular weight excluding hydrogens is 603 g/mol. The van der Waals surface area contributed by atoms with Gasteiger partial charge in [-0.15, -0.1) is 0 Å². The highest BCUT2D eigenvalue weighted by Gasteiger charge is 2.37. The van der Waals surface area contributed by atoms with Crippen LogP contribution in [0.2, 0.25) is 5.02 Å². The van der Waals surface area contributed by atoms with E-state index < -0.39 is 57.4 Å². The van der Waals surface area contributed by atoms with Crippen LogP contribution >= 0.6 is 11.6 Å². The summed E-state index contributed by atoms with van der Waals surface area (Å²) in [6, 6.07) is 15.5. The van der Waals surface area contributed by atoms with Crippen molar-refractivity contribution < 1.29 is 31.2 Å². The quantitative estimate of drug-likeness (QED) is 0.272. The maximum Gasteiger partial charge on any atom is 0.416 e. The van der Waals surface area contributed by atoms with E-state index in [1.54, 1.807) is 45.9 Å². The molecule has 7 nitrogen and oxygen atoms in total. The number of carbonyl (C=O) groups is 2. The summed E-state index contributed by atoms with van der Waals surface area (Å²) in [5, 5.41) is 2.56. The summed E-state index contributed by atoms with van der Waals surface area (Å²) < 4.78 is 69.5. The van der Waals surface area contributed by atoms with Crippen LogP contribution in [-0.4, -0.2) is 43.3 Å². The van der Waals surface area contributed by atoms with Crippen molar-refractivity contribution in [3.05, 3.63) is 94.5 Å². The van der Waals surface area contributed by atoms with Gasteiger partial charge in [-0.25, -0.2) is 8.42 Å². The second-order valence-electron chi connectivity index (χ2n) is 11.2. The van der Waals surface area contributed by atoms with Gasteiger partial charge in [0.25, 0.3) is 10.0 Å². The minimum Gasteiger partial charge on any atom is -0.350 e. The lowest BCUT2D eigenvalue weighted by molar-refractivity contribution is -0.141. The Bertz CT molecular complexity index is 1560.